The molecule has 23 heavy (non-hydrogen) atoms. The van der Waals surface area contributed by atoms with Crippen molar-refractivity contribution in [2.75, 3.05) is 10.6 Å². The summed E-state index contributed by atoms with van der Waals surface area (Å²) in [6.45, 7) is 1.74. The van der Waals surface area contributed by atoms with Crippen LogP contribution in [0.5, 0.6) is 5.75 Å². The number of hydrogen-bond acceptors (Lipinski definition) is 6. The number of halogens is 1. The van der Waals surface area contributed by atoms with Crippen LogP contribution < -0.4 is 10.6 Å². The van der Waals surface area contributed by atoms with Crippen LogP contribution >= 0.6 is 15.9 Å². The van der Waals surface area contributed by atoms with Gasteiger partial charge in [0.05, 0.1) is 4.47 Å². The van der Waals surface area contributed by atoms with Crippen molar-refractivity contribution in [1.29, 1.82) is 5.26 Å². The molecule has 2 rings (SSSR count). The zero-order valence-electron chi connectivity index (χ0n) is 12.0. The number of benzene rings is 1. The molecule has 0 spiro atoms. The second-order valence-corrected chi connectivity index (χ2v) is 5.41. The molecule has 0 unspecified atom stereocenters. The first-order valence-corrected chi connectivity index (χ1v) is 7.24. The van der Waals surface area contributed by atoms with E-state index in [1.807, 2.05) is 0 Å². The maximum atomic E-state index is 12.1. The van der Waals surface area contributed by atoms with Crippen LogP contribution in [0.15, 0.2) is 46.8 Å². The lowest BCUT2D eigenvalue weighted by molar-refractivity contribution is -0.112. The van der Waals surface area contributed by atoms with E-state index < -0.39 is 5.91 Å². The first-order chi connectivity index (χ1) is 11.0. The van der Waals surface area contributed by atoms with Crippen LogP contribution in [-0.2, 0) is 4.79 Å². The quantitative estimate of drug-likeness (QED) is 0.431. The first kappa shape index (κ1) is 16.5. The molecule has 0 aliphatic heterocycles. The van der Waals surface area contributed by atoms with Crippen molar-refractivity contribution in [2.24, 2.45) is 0 Å². The molecular formula is C15H12BrN5O2. The van der Waals surface area contributed by atoms with Gasteiger partial charge in [-0.3, -0.25) is 4.79 Å². The minimum atomic E-state index is -0.578. The Morgan fingerprint density at radius 3 is 2.70 bits per heavy atom. The summed E-state index contributed by atoms with van der Waals surface area (Å²) in [5.41, 5.74) is 1.05. The van der Waals surface area contributed by atoms with Gasteiger partial charge in [0, 0.05) is 24.3 Å². The van der Waals surface area contributed by atoms with Gasteiger partial charge in [-0.1, -0.05) is 0 Å². The lowest BCUT2D eigenvalue weighted by Gasteiger charge is -2.08. The fraction of sp³-hybridized carbons (Fsp3) is 0.0667. The Morgan fingerprint density at radius 2 is 2.09 bits per heavy atom. The molecule has 0 saturated heterocycles. The van der Waals surface area contributed by atoms with Crippen LogP contribution in [0.4, 0.5) is 11.6 Å². The number of phenolic OH excluding ortho intramolecular Hbond substituents is 1. The Bertz CT molecular complexity index is 797. The van der Waals surface area contributed by atoms with Crippen LogP contribution in [0.25, 0.3) is 0 Å². The molecule has 0 aliphatic carbocycles. The summed E-state index contributed by atoms with van der Waals surface area (Å²) in [5, 5.41) is 23.7. The van der Waals surface area contributed by atoms with Gasteiger partial charge in [-0.25, -0.2) is 9.97 Å². The Hall–Kier alpha value is -2.92. The van der Waals surface area contributed by atoms with Crippen molar-refractivity contribution in [3.8, 4) is 11.8 Å². The Kier molecular flexibility index (Phi) is 5.28. The summed E-state index contributed by atoms with van der Waals surface area (Å²) in [6.07, 6.45) is 4.30. The number of rotatable bonds is 4. The summed E-state index contributed by atoms with van der Waals surface area (Å²) >= 11 is 3.21. The maximum Gasteiger partial charge on any atom is 0.267 e. The summed E-state index contributed by atoms with van der Waals surface area (Å²) < 4.78 is 0.716. The molecule has 0 aliphatic rings. The van der Waals surface area contributed by atoms with Crippen LogP contribution in [0.1, 0.15) is 5.56 Å². The number of nitrogens with one attached hydrogen (secondary N) is 2. The van der Waals surface area contributed by atoms with E-state index in [1.165, 1.54) is 30.7 Å². The molecule has 116 valence electrons. The predicted octanol–water partition coefficient (Wildman–Crippen LogP) is 2.71. The van der Waals surface area contributed by atoms with Crippen molar-refractivity contribution in [2.45, 2.75) is 6.92 Å². The Labute approximate surface area is 140 Å². The Morgan fingerprint density at radius 1 is 1.39 bits per heavy atom. The van der Waals surface area contributed by atoms with Crippen molar-refractivity contribution in [3.63, 3.8) is 0 Å². The summed E-state index contributed by atoms with van der Waals surface area (Å²) in [7, 11) is 0. The minimum Gasteiger partial charge on any atom is -0.508 e. The molecule has 1 amide bonds. The third kappa shape index (κ3) is 4.52. The van der Waals surface area contributed by atoms with E-state index in [-0.39, 0.29) is 17.3 Å². The summed E-state index contributed by atoms with van der Waals surface area (Å²) in [5.74, 6) is -0.217. The van der Waals surface area contributed by atoms with Crippen LogP contribution in [0, 0.1) is 18.3 Å². The number of amides is 1. The lowest BCUT2D eigenvalue weighted by Crippen LogP contribution is -2.15. The fourth-order valence-corrected chi connectivity index (χ4v) is 1.85. The van der Waals surface area contributed by atoms with E-state index in [2.05, 4.69) is 36.5 Å². The molecule has 8 heteroatoms. The minimum absolute atomic E-state index is 0.102. The number of carbonyl (C=O) groups is 1. The highest BCUT2D eigenvalue weighted by Crippen LogP contribution is 2.20. The molecule has 0 radical (unpaired) electrons. The first-order valence-electron chi connectivity index (χ1n) is 6.45. The highest BCUT2D eigenvalue weighted by Gasteiger charge is 2.11. The van der Waals surface area contributed by atoms with Gasteiger partial charge in [0.15, 0.2) is 0 Å². The van der Waals surface area contributed by atoms with Gasteiger partial charge < -0.3 is 15.7 Å². The summed E-state index contributed by atoms with van der Waals surface area (Å²) in [6, 6.07) is 6.33. The molecule has 0 atom stereocenters. The largest absolute Gasteiger partial charge is 0.508 e. The van der Waals surface area contributed by atoms with Gasteiger partial charge in [-0.15, -0.1) is 0 Å². The number of anilines is 2. The van der Waals surface area contributed by atoms with Gasteiger partial charge in [-0.05, 0) is 46.6 Å². The second-order valence-electron chi connectivity index (χ2n) is 4.49. The van der Waals surface area contributed by atoms with Crippen LogP contribution in [0.2, 0.25) is 0 Å². The van der Waals surface area contributed by atoms with Gasteiger partial charge in [0.1, 0.15) is 17.4 Å². The van der Waals surface area contributed by atoms with Gasteiger partial charge in [-0.2, -0.15) is 5.26 Å². The number of nitrogens with zero attached hydrogens (tertiary/aromatic N) is 3. The topological polar surface area (TPSA) is 111 Å². The number of aromatic hydroxyl groups is 1. The molecule has 2 aromatic rings. The number of aryl methyl sites for hydroxylation is 1. The number of phenols is 1. The second kappa shape index (κ2) is 7.38. The summed E-state index contributed by atoms with van der Waals surface area (Å²) in [4.78, 5) is 20.0. The monoisotopic (exact) mass is 373 g/mol. The standard InChI is InChI=1S/C15H12BrN5O2/c1-9-4-12(22)2-3-13(9)21-14(23)10(5-17)6-18-15-19-7-11(16)8-20-15/h2-4,6-8,22H,1H3,(H,21,23)(H,18,19,20)/b10-6-. The van der Waals surface area contributed by atoms with E-state index >= 15 is 0 Å². The van der Waals surface area contributed by atoms with Crippen molar-refractivity contribution in [1.82, 2.24) is 9.97 Å². The number of nitriles is 1. The normalized spacial score (nSPS) is 10.7. The molecule has 0 saturated carbocycles. The highest BCUT2D eigenvalue weighted by atomic mass is 79.9. The number of aromatic nitrogens is 2. The fourth-order valence-electron chi connectivity index (χ4n) is 1.65. The van der Waals surface area contributed by atoms with E-state index in [0.29, 0.717) is 15.7 Å². The average Bonchev–Trinajstić information content (AvgIpc) is 2.52. The molecule has 1 heterocycles. The van der Waals surface area contributed by atoms with E-state index in [0.717, 1.165) is 0 Å². The van der Waals surface area contributed by atoms with Crippen LogP contribution in [0.3, 0.4) is 0 Å². The van der Waals surface area contributed by atoms with Gasteiger partial charge in [0.2, 0.25) is 5.95 Å². The lowest BCUT2D eigenvalue weighted by atomic mass is 10.2. The number of carbonyl (C=O) groups excluding carboxylic acids is 1. The maximum absolute atomic E-state index is 12.1. The van der Waals surface area contributed by atoms with Crippen LogP contribution in [-0.4, -0.2) is 21.0 Å². The molecule has 7 nitrogen and oxygen atoms in total. The molecule has 1 aromatic carbocycles. The Balaban J connectivity index is 2.10. The number of hydrogen-bond donors (Lipinski definition) is 3. The molecule has 0 bridgehead atoms. The third-order valence-electron chi connectivity index (χ3n) is 2.79. The van der Waals surface area contributed by atoms with E-state index in [1.54, 1.807) is 19.1 Å². The molecular weight excluding hydrogens is 362 g/mol. The van der Waals surface area contributed by atoms with E-state index in [9.17, 15) is 9.90 Å². The van der Waals surface area contributed by atoms with Crippen molar-refractivity contribution < 1.29 is 9.90 Å². The molecule has 0 fully saturated rings. The highest BCUT2D eigenvalue weighted by molar-refractivity contribution is 9.10. The predicted molar refractivity (Wildman–Crippen MR) is 88.5 cm³/mol. The zero-order valence-corrected chi connectivity index (χ0v) is 13.6. The molecule has 3 N–H and O–H groups in total. The van der Waals surface area contributed by atoms with Crippen molar-refractivity contribution in [3.05, 3.63) is 52.4 Å². The van der Waals surface area contributed by atoms with Gasteiger partial charge in [0.25, 0.3) is 5.91 Å². The average molecular weight is 374 g/mol. The third-order valence-corrected chi connectivity index (χ3v) is 3.20. The van der Waals surface area contributed by atoms with Crippen molar-refractivity contribution >= 4 is 33.5 Å². The SMILES string of the molecule is Cc1cc(O)ccc1NC(=O)/C(C#N)=C\Nc1ncc(Br)cn1. The molecule has 1 aromatic heterocycles. The zero-order chi connectivity index (χ0) is 16.8. The van der Waals surface area contributed by atoms with Gasteiger partial charge >= 0.3 is 0 Å². The van der Waals surface area contributed by atoms with E-state index in [4.69, 9.17) is 5.26 Å². The smallest absolute Gasteiger partial charge is 0.267 e.